The summed E-state index contributed by atoms with van der Waals surface area (Å²) in [6.07, 6.45) is 0.571. The smallest absolute Gasteiger partial charge is 0.328 e. The number of amides is 1. The van der Waals surface area contributed by atoms with Crippen LogP contribution in [0.4, 0.5) is 0 Å². The maximum atomic E-state index is 11.8. The standard InChI is InChI=1S/C12H24N2O4/c1-5-8(2)11(12(16)18-4)14-10(15)6-9(7-13)17-3/h8-9,11H,5-7,13H2,1-4H3,(H,14,15)/t8-,9?,11-/m0/s1. The lowest BCUT2D eigenvalue weighted by Gasteiger charge is -2.22. The fourth-order valence-corrected chi connectivity index (χ4v) is 1.50. The van der Waals surface area contributed by atoms with Gasteiger partial charge in [0.2, 0.25) is 5.91 Å². The Morgan fingerprint density at radius 2 is 1.94 bits per heavy atom. The number of carbonyl (C=O) groups is 2. The molecule has 0 aromatic heterocycles. The first-order valence-electron chi connectivity index (χ1n) is 6.10. The molecule has 0 aliphatic heterocycles. The summed E-state index contributed by atoms with van der Waals surface area (Å²) >= 11 is 0. The highest BCUT2D eigenvalue weighted by molar-refractivity contribution is 5.84. The Bertz CT molecular complexity index is 267. The van der Waals surface area contributed by atoms with E-state index in [0.29, 0.717) is 0 Å². The van der Waals surface area contributed by atoms with E-state index in [9.17, 15) is 9.59 Å². The van der Waals surface area contributed by atoms with E-state index in [1.165, 1.54) is 14.2 Å². The number of nitrogens with one attached hydrogen (secondary N) is 1. The summed E-state index contributed by atoms with van der Waals surface area (Å²) in [5, 5.41) is 2.67. The van der Waals surface area contributed by atoms with Gasteiger partial charge in [-0.1, -0.05) is 20.3 Å². The number of carbonyl (C=O) groups excluding carboxylic acids is 2. The lowest BCUT2D eigenvalue weighted by molar-refractivity contribution is -0.146. The molecule has 106 valence electrons. The van der Waals surface area contributed by atoms with Crippen LogP contribution in [0.15, 0.2) is 0 Å². The van der Waals surface area contributed by atoms with E-state index in [4.69, 9.17) is 10.5 Å². The van der Waals surface area contributed by atoms with Crippen LogP contribution in [0.1, 0.15) is 26.7 Å². The van der Waals surface area contributed by atoms with Gasteiger partial charge in [0.25, 0.3) is 0 Å². The lowest BCUT2D eigenvalue weighted by atomic mass is 9.99. The van der Waals surface area contributed by atoms with Gasteiger partial charge in [-0.15, -0.1) is 0 Å². The highest BCUT2D eigenvalue weighted by atomic mass is 16.5. The summed E-state index contributed by atoms with van der Waals surface area (Å²) in [6, 6.07) is -0.622. The Morgan fingerprint density at radius 1 is 1.33 bits per heavy atom. The van der Waals surface area contributed by atoms with Crippen molar-refractivity contribution in [2.75, 3.05) is 20.8 Å². The molecule has 0 aliphatic carbocycles. The number of rotatable bonds is 8. The van der Waals surface area contributed by atoms with Crippen molar-refractivity contribution < 1.29 is 19.1 Å². The molecule has 6 nitrogen and oxygen atoms in total. The van der Waals surface area contributed by atoms with Gasteiger partial charge < -0.3 is 20.5 Å². The largest absolute Gasteiger partial charge is 0.467 e. The molecule has 0 saturated carbocycles. The van der Waals surface area contributed by atoms with E-state index in [0.717, 1.165) is 6.42 Å². The predicted molar refractivity (Wildman–Crippen MR) is 67.9 cm³/mol. The van der Waals surface area contributed by atoms with Crippen LogP contribution in [-0.4, -0.2) is 44.8 Å². The third-order valence-corrected chi connectivity index (χ3v) is 2.99. The molecule has 0 aliphatic rings. The second kappa shape index (κ2) is 8.88. The van der Waals surface area contributed by atoms with Crippen molar-refractivity contribution >= 4 is 11.9 Å². The maximum absolute atomic E-state index is 11.8. The van der Waals surface area contributed by atoms with Crippen molar-refractivity contribution in [2.45, 2.75) is 38.8 Å². The van der Waals surface area contributed by atoms with Crippen LogP contribution in [0.2, 0.25) is 0 Å². The van der Waals surface area contributed by atoms with Crippen LogP contribution in [0.25, 0.3) is 0 Å². The monoisotopic (exact) mass is 260 g/mol. The molecule has 3 N–H and O–H groups in total. The van der Waals surface area contributed by atoms with Crippen LogP contribution >= 0.6 is 0 Å². The van der Waals surface area contributed by atoms with Gasteiger partial charge >= 0.3 is 5.97 Å². The van der Waals surface area contributed by atoms with Crippen molar-refractivity contribution in [1.29, 1.82) is 0 Å². The normalized spacial score (nSPS) is 15.6. The van der Waals surface area contributed by atoms with E-state index in [1.54, 1.807) is 0 Å². The van der Waals surface area contributed by atoms with Gasteiger partial charge in [0.1, 0.15) is 6.04 Å². The fourth-order valence-electron chi connectivity index (χ4n) is 1.50. The second-order valence-electron chi connectivity index (χ2n) is 4.25. The minimum atomic E-state index is -0.622. The zero-order chi connectivity index (χ0) is 14.1. The molecular weight excluding hydrogens is 236 g/mol. The van der Waals surface area contributed by atoms with E-state index < -0.39 is 12.0 Å². The van der Waals surface area contributed by atoms with Crippen LogP contribution in [0, 0.1) is 5.92 Å². The van der Waals surface area contributed by atoms with Gasteiger partial charge in [-0.25, -0.2) is 4.79 Å². The zero-order valence-corrected chi connectivity index (χ0v) is 11.6. The number of hydrogen-bond acceptors (Lipinski definition) is 5. The third kappa shape index (κ3) is 5.46. The fraction of sp³-hybridized carbons (Fsp3) is 0.833. The molecule has 0 bridgehead atoms. The van der Waals surface area contributed by atoms with E-state index in [2.05, 4.69) is 10.1 Å². The topological polar surface area (TPSA) is 90.7 Å². The Morgan fingerprint density at radius 3 is 2.33 bits per heavy atom. The molecule has 0 radical (unpaired) electrons. The number of methoxy groups -OCH3 is 2. The molecule has 0 rings (SSSR count). The van der Waals surface area contributed by atoms with Crippen molar-refractivity contribution in [3.8, 4) is 0 Å². The molecule has 1 unspecified atom stereocenters. The van der Waals surface area contributed by atoms with Crippen LogP contribution in [0.3, 0.4) is 0 Å². The zero-order valence-electron chi connectivity index (χ0n) is 11.6. The minimum Gasteiger partial charge on any atom is -0.467 e. The third-order valence-electron chi connectivity index (χ3n) is 2.99. The van der Waals surface area contributed by atoms with Gasteiger partial charge in [0.05, 0.1) is 19.6 Å². The molecule has 0 spiro atoms. The van der Waals surface area contributed by atoms with Crippen molar-refractivity contribution in [1.82, 2.24) is 5.32 Å². The number of ether oxygens (including phenoxy) is 2. The van der Waals surface area contributed by atoms with Crippen LogP contribution < -0.4 is 11.1 Å². The number of esters is 1. The average Bonchev–Trinajstić information content (AvgIpc) is 2.40. The highest BCUT2D eigenvalue weighted by Crippen LogP contribution is 2.10. The average molecular weight is 260 g/mol. The summed E-state index contributed by atoms with van der Waals surface area (Å²) in [7, 11) is 2.80. The van der Waals surface area contributed by atoms with Gasteiger partial charge in [-0.05, 0) is 5.92 Å². The molecule has 0 fully saturated rings. The molecule has 0 aromatic carbocycles. The first-order valence-corrected chi connectivity index (χ1v) is 6.10. The van der Waals surface area contributed by atoms with Gasteiger partial charge in [-0.2, -0.15) is 0 Å². The summed E-state index contributed by atoms with van der Waals surface area (Å²) < 4.78 is 9.71. The molecular formula is C12H24N2O4. The lowest BCUT2D eigenvalue weighted by Crippen LogP contribution is -2.47. The van der Waals surface area contributed by atoms with E-state index in [1.807, 2.05) is 13.8 Å². The molecule has 0 saturated heterocycles. The van der Waals surface area contributed by atoms with Crippen LogP contribution in [0.5, 0.6) is 0 Å². The quantitative estimate of drug-likeness (QED) is 0.602. The maximum Gasteiger partial charge on any atom is 0.328 e. The van der Waals surface area contributed by atoms with E-state index >= 15 is 0 Å². The van der Waals surface area contributed by atoms with Gasteiger partial charge in [0, 0.05) is 13.7 Å². The Kier molecular flexibility index (Phi) is 8.32. The first-order chi connectivity index (χ1) is 8.49. The Balaban J connectivity index is 4.48. The SMILES string of the molecule is CC[C@H](C)[C@H](NC(=O)CC(CN)OC)C(=O)OC. The van der Waals surface area contributed by atoms with Crippen molar-refractivity contribution in [3.05, 3.63) is 0 Å². The first kappa shape index (κ1) is 16.9. The predicted octanol–water partition coefficient (Wildman–Crippen LogP) is 0.0541. The summed E-state index contributed by atoms with van der Waals surface area (Å²) in [5.41, 5.74) is 5.44. The number of nitrogens with two attached hydrogens (primary N) is 1. The van der Waals surface area contributed by atoms with Crippen molar-refractivity contribution in [2.24, 2.45) is 11.7 Å². The minimum absolute atomic E-state index is 0.0141. The summed E-state index contributed by atoms with van der Waals surface area (Å²) in [6.45, 7) is 4.10. The molecule has 0 heterocycles. The number of hydrogen-bond donors (Lipinski definition) is 2. The summed E-state index contributed by atoms with van der Waals surface area (Å²) in [5.74, 6) is -0.678. The van der Waals surface area contributed by atoms with Crippen LogP contribution in [-0.2, 0) is 19.1 Å². The van der Waals surface area contributed by atoms with Gasteiger partial charge in [0.15, 0.2) is 0 Å². The second-order valence-corrected chi connectivity index (χ2v) is 4.25. The highest BCUT2D eigenvalue weighted by Gasteiger charge is 2.27. The van der Waals surface area contributed by atoms with E-state index in [-0.39, 0.29) is 30.9 Å². The van der Waals surface area contributed by atoms with Gasteiger partial charge in [-0.3, -0.25) is 4.79 Å². The molecule has 6 heteroatoms. The molecule has 0 aromatic rings. The molecule has 18 heavy (non-hydrogen) atoms. The molecule has 1 amide bonds. The summed E-state index contributed by atoms with van der Waals surface area (Å²) in [4.78, 5) is 23.3. The Labute approximate surface area is 108 Å². The Hall–Kier alpha value is -1.14. The molecule has 3 atom stereocenters. The van der Waals surface area contributed by atoms with Crippen molar-refractivity contribution in [3.63, 3.8) is 0 Å².